The smallest absolute Gasteiger partial charge is 0.339 e. The third-order valence-electron chi connectivity index (χ3n) is 5.76. The molecule has 2 aromatic carbocycles. The van der Waals surface area contributed by atoms with Crippen LogP contribution in [0.25, 0.3) is 0 Å². The maximum atomic E-state index is 13.6. The second-order valence-corrected chi connectivity index (χ2v) is 9.73. The molecule has 0 saturated carbocycles. The van der Waals surface area contributed by atoms with Crippen LogP contribution in [0.15, 0.2) is 93.2 Å². The zero-order chi connectivity index (χ0) is 27.9. The lowest BCUT2D eigenvalue weighted by Gasteiger charge is -2.28. The molecule has 4 rings (SSSR count). The molecule has 9 nitrogen and oxygen atoms in total. The molecule has 1 aromatic heterocycles. The minimum atomic E-state index is -0.852. The number of esters is 1. The molecule has 2 heterocycles. The van der Waals surface area contributed by atoms with Crippen molar-refractivity contribution < 1.29 is 23.5 Å². The minimum absolute atomic E-state index is 0.00772. The third kappa shape index (κ3) is 6.34. The van der Waals surface area contributed by atoms with Crippen LogP contribution in [-0.4, -0.2) is 30.6 Å². The molecule has 0 radical (unpaired) electrons. The van der Waals surface area contributed by atoms with Gasteiger partial charge in [-0.2, -0.15) is 5.26 Å². The number of furan rings is 1. The Morgan fingerprint density at radius 2 is 1.92 bits per heavy atom. The molecular weight excluding hydrogens is 540 g/mol. The summed E-state index contributed by atoms with van der Waals surface area (Å²) in [7, 11) is 1.25. The number of para-hydroxylation sites is 1. The highest BCUT2D eigenvalue weighted by Crippen LogP contribution is 2.41. The summed E-state index contributed by atoms with van der Waals surface area (Å²) in [5.74, 6) is -1.92. The predicted octanol–water partition coefficient (Wildman–Crippen LogP) is 5.43. The van der Waals surface area contributed by atoms with Gasteiger partial charge in [0.2, 0.25) is 5.91 Å². The number of dihydropyridines is 1. The fourth-order valence-corrected chi connectivity index (χ4v) is 5.12. The van der Waals surface area contributed by atoms with Gasteiger partial charge in [-0.15, -0.1) is 0 Å². The number of nitrogens with zero attached hydrogens (tertiary/aromatic N) is 1. The Kier molecular flexibility index (Phi) is 8.76. The molecule has 0 saturated heterocycles. The summed E-state index contributed by atoms with van der Waals surface area (Å²) in [5.41, 5.74) is 1.89. The van der Waals surface area contributed by atoms with Crippen LogP contribution in [0.2, 0.25) is 5.02 Å². The molecule has 0 bridgehead atoms. The van der Waals surface area contributed by atoms with Gasteiger partial charge in [0.05, 0.1) is 58.5 Å². The number of benzene rings is 2. The van der Waals surface area contributed by atoms with Gasteiger partial charge >= 0.3 is 5.97 Å². The maximum Gasteiger partial charge on any atom is 0.339 e. The molecule has 1 aliphatic rings. The molecule has 0 fully saturated rings. The number of methoxy groups -OCH3 is 1. The van der Waals surface area contributed by atoms with Crippen LogP contribution in [0.3, 0.4) is 0 Å². The fourth-order valence-electron chi connectivity index (χ4n) is 4.04. The number of rotatable bonds is 8. The molecular formula is C28H23ClN4O5S. The SMILES string of the molecule is COC(=O)c1ccccc1NC(=O)C1=C(C)NC(SCC(=O)Nc2cccc(Cl)c2)=C(C#N)[C@@H]1c1ccco1. The van der Waals surface area contributed by atoms with Crippen LogP contribution in [0, 0.1) is 11.3 Å². The first-order chi connectivity index (χ1) is 18.8. The Labute approximate surface area is 233 Å². The van der Waals surface area contributed by atoms with Gasteiger partial charge in [-0.1, -0.05) is 41.6 Å². The van der Waals surface area contributed by atoms with E-state index >= 15 is 0 Å². The van der Waals surface area contributed by atoms with Crippen LogP contribution < -0.4 is 16.0 Å². The van der Waals surface area contributed by atoms with E-state index in [0.717, 1.165) is 11.8 Å². The number of hydrogen-bond acceptors (Lipinski definition) is 8. The molecule has 39 heavy (non-hydrogen) atoms. The average Bonchev–Trinajstić information content (AvgIpc) is 3.46. The van der Waals surface area contributed by atoms with Gasteiger partial charge in [-0.05, 0) is 49.4 Å². The van der Waals surface area contributed by atoms with Gasteiger partial charge in [0, 0.05) is 16.4 Å². The summed E-state index contributed by atoms with van der Waals surface area (Å²) >= 11 is 7.11. The zero-order valence-corrected chi connectivity index (χ0v) is 22.5. The van der Waals surface area contributed by atoms with Crippen molar-refractivity contribution in [2.24, 2.45) is 0 Å². The molecule has 11 heteroatoms. The Balaban J connectivity index is 1.61. The van der Waals surface area contributed by atoms with Crippen LogP contribution in [0.5, 0.6) is 0 Å². The predicted molar refractivity (Wildman–Crippen MR) is 149 cm³/mol. The highest BCUT2D eigenvalue weighted by molar-refractivity contribution is 8.03. The van der Waals surface area contributed by atoms with E-state index < -0.39 is 17.8 Å². The van der Waals surface area contributed by atoms with E-state index in [1.165, 1.54) is 19.4 Å². The van der Waals surface area contributed by atoms with Crippen molar-refractivity contribution in [2.75, 3.05) is 23.5 Å². The molecule has 3 aromatic rings. The quantitative estimate of drug-likeness (QED) is 0.310. The number of carbonyl (C=O) groups excluding carboxylic acids is 3. The summed E-state index contributed by atoms with van der Waals surface area (Å²) in [6.07, 6.45) is 1.45. The standard InChI is InChI=1S/C28H23ClN4O5S/c1-16-24(26(35)33-21-10-4-3-9-19(21)28(36)37-2)25(22-11-6-12-38-22)20(14-30)27(31-16)39-15-23(34)32-18-8-5-7-17(29)13-18/h3-13,25,31H,15H2,1-2H3,(H,32,34)(H,33,35)/t25-/m1/s1. The second-order valence-electron chi connectivity index (χ2n) is 8.31. The number of hydrogen-bond donors (Lipinski definition) is 3. The van der Waals surface area contributed by atoms with Crippen LogP contribution in [-0.2, 0) is 14.3 Å². The van der Waals surface area contributed by atoms with Crippen molar-refractivity contribution in [3.05, 3.63) is 105 Å². The summed E-state index contributed by atoms with van der Waals surface area (Å²) in [4.78, 5) is 38.4. The van der Waals surface area contributed by atoms with Crippen LogP contribution in [0.1, 0.15) is 29.0 Å². The molecule has 0 unspecified atom stereocenters. The fraction of sp³-hybridized carbons (Fsp3) is 0.143. The number of thioether (sulfide) groups is 1. The normalized spacial score (nSPS) is 14.8. The van der Waals surface area contributed by atoms with Crippen molar-refractivity contribution >= 4 is 52.5 Å². The van der Waals surface area contributed by atoms with Crippen molar-refractivity contribution in [1.82, 2.24) is 5.32 Å². The topological polar surface area (TPSA) is 133 Å². The summed E-state index contributed by atoms with van der Waals surface area (Å²) < 4.78 is 10.4. The van der Waals surface area contributed by atoms with Gasteiger partial charge in [0.15, 0.2) is 0 Å². The number of ether oxygens (including phenoxy) is 1. The highest BCUT2D eigenvalue weighted by Gasteiger charge is 2.37. The number of carbonyl (C=O) groups is 3. The molecule has 2 amide bonds. The van der Waals surface area contributed by atoms with Gasteiger partial charge in [-0.25, -0.2) is 4.79 Å². The number of nitrogens with one attached hydrogen (secondary N) is 3. The molecule has 1 aliphatic heterocycles. The van der Waals surface area contributed by atoms with E-state index in [0.29, 0.717) is 27.2 Å². The largest absolute Gasteiger partial charge is 0.468 e. The van der Waals surface area contributed by atoms with Crippen molar-refractivity contribution in [3.63, 3.8) is 0 Å². The van der Waals surface area contributed by atoms with Gasteiger partial charge < -0.3 is 25.1 Å². The number of nitriles is 1. The van der Waals surface area contributed by atoms with Crippen molar-refractivity contribution in [1.29, 1.82) is 5.26 Å². The lowest BCUT2D eigenvalue weighted by Crippen LogP contribution is -2.31. The first-order valence-electron chi connectivity index (χ1n) is 11.6. The number of halogens is 1. The Morgan fingerprint density at radius 3 is 2.62 bits per heavy atom. The molecule has 0 aliphatic carbocycles. The summed E-state index contributed by atoms with van der Waals surface area (Å²) in [5, 5.41) is 19.7. The van der Waals surface area contributed by atoms with Crippen molar-refractivity contribution in [2.45, 2.75) is 12.8 Å². The maximum absolute atomic E-state index is 13.6. The molecule has 3 N–H and O–H groups in total. The number of allylic oxidation sites excluding steroid dienone is 2. The molecule has 1 atom stereocenters. The van der Waals surface area contributed by atoms with Crippen molar-refractivity contribution in [3.8, 4) is 6.07 Å². The second kappa shape index (κ2) is 12.4. The minimum Gasteiger partial charge on any atom is -0.468 e. The van der Waals surface area contributed by atoms with Crippen LogP contribution >= 0.6 is 23.4 Å². The van der Waals surface area contributed by atoms with E-state index in [4.69, 9.17) is 20.8 Å². The Bertz CT molecular complexity index is 1520. The summed E-state index contributed by atoms with van der Waals surface area (Å²) in [6, 6.07) is 18.7. The number of amides is 2. The van der Waals surface area contributed by atoms with Gasteiger partial charge in [0.25, 0.3) is 5.91 Å². The van der Waals surface area contributed by atoms with E-state index in [1.54, 1.807) is 61.5 Å². The van der Waals surface area contributed by atoms with E-state index in [-0.39, 0.29) is 34.1 Å². The molecule has 198 valence electrons. The zero-order valence-electron chi connectivity index (χ0n) is 20.9. The summed E-state index contributed by atoms with van der Waals surface area (Å²) in [6.45, 7) is 1.69. The van der Waals surface area contributed by atoms with E-state index in [1.807, 2.05) is 0 Å². The lowest BCUT2D eigenvalue weighted by atomic mass is 9.85. The van der Waals surface area contributed by atoms with E-state index in [2.05, 4.69) is 22.0 Å². The van der Waals surface area contributed by atoms with Gasteiger partial charge in [0.1, 0.15) is 5.76 Å². The van der Waals surface area contributed by atoms with Crippen LogP contribution in [0.4, 0.5) is 11.4 Å². The highest BCUT2D eigenvalue weighted by atomic mass is 35.5. The number of anilines is 2. The lowest BCUT2D eigenvalue weighted by molar-refractivity contribution is -0.114. The first-order valence-corrected chi connectivity index (χ1v) is 13.0. The van der Waals surface area contributed by atoms with Gasteiger partial charge in [-0.3, -0.25) is 9.59 Å². The first kappa shape index (κ1) is 27.6. The molecule has 0 spiro atoms. The third-order valence-corrected chi connectivity index (χ3v) is 7.01. The average molecular weight is 563 g/mol. The van der Waals surface area contributed by atoms with E-state index in [9.17, 15) is 19.6 Å². The Morgan fingerprint density at radius 1 is 1.13 bits per heavy atom. The Hall–Kier alpha value is -4.46. The monoisotopic (exact) mass is 562 g/mol.